The van der Waals surface area contributed by atoms with E-state index in [1.165, 1.54) is 16.9 Å². The van der Waals surface area contributed by atoms with E-state index in [2.05, 4.69) is 4.98 Å². The number of rotatable bonds is 1. The quantitative estimate of drug-likeness (QED) is 0.525. The number of carbonyl (C=O) groups excluding carboxylic acids is 1. The van der Waals surface area contributed by atoms with Gasteiger partial charge in [-0.25, -0.2) is 4.39 Å². The van der Waals surface area contributed by atoms with Crippen molar-refractivity contribution in [1.29, 1.82) is 0 Å². The average Bonchev–Trinajstić information content (AvgIpc) is 2.88. The number of hydrogen-bond donors (Lipinski definition) is 1. The molecule has 184 valence electrons. The largest absolute Gasteiger partial charge is 0.502 e. The molecule has 1 atom stereocenters. The summed E-state index contributed by atoms with van der Waals surface area (Å²) < 4.78 is 36.6. The van der Waals surface area contributed by atoms with Gasteiger partial charge in [0.2, 0.25) is 11.2 Å². The van der Waals surface area contributed by atoms with Gasteiger partial charge >= 0.3 is 0 Å². The van der Waals surface area contributed by atoms with Gasteiger partial charge in [-0.15, -0.1) is 0 Å². The minimum Gasteiger partial charge on any atom is -0.502 e. The minimum absolute atomic E-state index is 0.0395. The molecule has 1 fully saturated rings. The smallest absolute Gasteiger partial charge is 0.278 e. The molecule has 4 heterocycles. The Balaban J connectivity index is 1.67. The monoisotopic (exact) mass is 492 g/mol. The third kappa shape index (κ3) is 3.20. The number of carbonyl (C=O) groups is 1. The zero-order valence-corrected chi connectivity index (χ0v) is 19.1. The van der Waals surface area contributed by atoms with E-state index >= 15 is 4.39 Å². The van der Waals surface area contributed by atoms with Gasteiger partial charge in [-0.2, -0.15) is 4.39 Å². The van der Waals surface area contributed by atoms with Crippen molar-refractivity contribution in [2.75, 3.05) is 18.3 Å². The number of aromatic nitrogens is 2. The summed E-state index contributed by atoms with van der Waals surface area (Å²) in [5.41, 5.74) is -0.800. The van der Waals surface area contributed by atoms with Crippen molar-refractivity contribution < 1.29 is 23.4 Å². The standard InChI is InChI=1S/C26H22F2N4O4/c27-17-7-6-16-21(18-5-1-2-12-29-18)32-15-30(25(35)22-23(34)19(33)8-13-31(22)32)26(9-3-10-26)11-4-14-36-24(16)20(17)28/h1-2,4-8,11-13,21,34H,3,9-10,14-15H2/b11-4+. The maximum absolute atomic E-state index is 15.1. The molecule has 3 aliphatic rings. The number of ether oxygens (including phenoxy) is 1. The number of nitrogens with zero attached hydrogens (tertiary/aromatic N) is 4. The number of fused-ring (bicyclic) bond motifs is 6. The second-order valence-corrected chi connectivity index (χ2v) is 9.14. The van der Waals surface area contributed by atoms with E-state index in [4.69, 9.17) is 4.74 Å². The van der Waals surface area contributed by atoms with Gasteiger partial charge in [0.1, 0.15) is 19.3 Å². The Morgan fingerprint density at radius 1 is 1.11 bits per heavy atom. The minimum atomic E-state index is -1.13. The maximum Gasteiger partial charge on any atom is 0.278 e. The highest BCUT2D eigenvalue weighted by atomic mass is 19.2. The molecule has 2 aliphatic heterocycles. The molecule has 1 saturated carbocycles. The molecule has 1 spiro atoms. The fourth-order valence-corrected chi connectivity index (χ4v) is 5.27. The molecule has 1 amide bonds. The second-order valence-electron chi connectivity index (χ2n) is 9.14. The van der Waals surface area contributed by atoms with Crippen LogP contribution in [0.15, 0.2) is 65.7 Å². The summed E-state index contributed by atoms with van der Waals surface area (Å²) in [5, 5.41) is 12.4. The van der Waals surface area contributed by atoms with Crippen LogP contribution in [0.1, 0.15) is 47.1 Å². The van der Waals surface area contributed by atoms with E-state index in [0.29, 0.717) is 18.5 Å². The number of pyridine rings is 2. The van der Waals surface area contributed by atoms with Gasteiger partial charge in [0, 0.05) is 24.0 Å². The Bertz CT molecular complexity index is 1450. The fourth-order valence-electron chi connectivity index (χ4n) is 5.27. The van der Waals surface area contributed by atoms with Crippen LogP contribution in [-0.4, -0.2) is 44.4 Å². The fraction of sp³-hybridized carbons (Fsp3) is 0.269. The third-order valence-corrected chi connectivity index (χ3v) is 7.21. The van der Waals surface area contributed by atoms with E-state index in [-0.39, 0.29) is 30.3 Å². The van der Waals surface area contributed by atoms with E-state index < -0.39 is 40.3 Å². The molecule has 36 heavy (non-hydrogen) atoms. The number of hydrogen-bond acceptors (Lipinski definition) is 6. The van der Waals surface area contributed by atoms with E-state index in [1.54, 1.807) is 40.4 Å². The van der Waals surface area contributed by atoms with Crippen molar-refractivity contribution in [3.05, 3.63) is 99.8 Å². The van der Waals surface area contributed by atoms with Gasteiger partial charge in [-0.1, -0.05) is 12.1 Å². The maximum atomic E-state index is 15.1. The van der Waals surface area contributed by atoms with Crippen LogP contribution in [0.5, 0.6) is 11.5 Å². The molecule has 2 aromatic heterocycles. The zero-order chi connectivity index (χ0) is 25.0. The normalized spacial score (nSPS) is 21.1. The molecule has 8 nitrogen and oxygen atoms in total. The summed E-state index contributed by atoms with van der Waals surface area (Å²) in [6, 6.07) is 7.97. The first kappa shape index (κ1) is 22.3. The summed E-state index contributed by atoms with van der Waals surface area (Å²) in [6.45, 7) is 0.000299. The Hall–Kier alpha value is -4.21. The molecule has 2 bridgehead atoms. The first-order valence-corrected chi connectivity index (χ1v) is 11.6. The van der Waals surface area contributed by atoms with E-state index in [1.807, 2.05) is 6.08 Å². The first-order valence-electron chi connectivity index (χ1n) is 11.6. The predicted octanol–water partition coefficient (Wildman–Crippen LogP) is 3.24. The third-order valence-electron chi connectivity index (χ3n) is 7.21. The van der Waals surface area contributed by atoms with Gasteiger partial charge in [0.15, 0.2) is 23.0 Å². The van der Waals surface area contributed by atoms with Crippen LogP contribution < -0.4 is 15.2 Å². The molecule has 3 aromatic rings. The molecule has 10 heteroatoms. The van der Waals surface area contributed by atoms with Gasteiger partial charge in [-0.05, 0) is 49.6 Å². The molecular weight excluding hydrogens is 470 g/mol. The molecule has 1 aliphatic carbocycles. The zero-order valence-electron chi connectivity index (χ0n) is 19.1. The highest BCUT2D eigenvalue weighted by molar-refractivity contribution is 5.97. The number of benzene rings is 1. The van der Waals surface area contributed by atoms with Gasteiger partial charge < -0.3 is 14.7 Å². The van der Waals surface area contributed by atoms with Crippen LogP contribution in [0, 0.1) is 11.6 Å². The number of amides is 1. The van der Waals surface area contributed by atoms with E-state index in [0.717, 1.165) is 18.6 Å². The Morgan fingerprint density at radius 3 is 2.67 bits per heavy atom. The van der Waals surface area contributed by atoms with Crippen LogP contribution >= 0.6 is 0 Å². The molecule has 1 unspecified atom stereocenters. The van der Waals surface area contributed by atoms with Crippen LogP contribution in [-0.2, 0) is 0 Å². The van der Waals surface area contributed by atoms with Crippen LogP contribution in [0.2, 0.25) is 0 Å². The highest BCUT2D eigenvalue weighted by Gasteiger charge is 2.49. The lowest BCUT2D eigenvalue weighted by atomic mass is 9.74. The second kappa shape index (κ2) is 8.18. The SMILES string of the molecule is O=C1c2c(O)c(=O)ccn2N2CN1C1(/C=C/COc3c(ccc(F)c3F)C2c2ccccn2)CCC1. The van der Waals surface area contributed by atoms with Crippen molar-refractivity contribution in [2.24, 2.45) is 0 Å². The van der Waals surface area contributed by atoms with E-state index in [9.17, 15) is 19.1 Å². The Morgan fingerprint density at radius 2 is 1.94 bits per heavy atom. The topological polar surface area (TPSA) is 87.9 Å². The summed E-state index contributed by atoms with van der Waals surface area (Å²) in [7, 11) is 0. The summed E-state index contributed by atoms with van der Waals surface area (Å²) in [6.07, 6.45) is 8.73. The van der Waals surface area contributed by atoms with Crippen molar-refractivity contribution in [2.45, 2.75) is 30.8 Å². The summed E-state index contributed by atoms with van der Waals surface area (Å²) >= 11 is 0. The molecule has 0 saturated heterocycles. The average molecular weight is 492 g/mol. The lowest BCUT2D eigenvalue weighted by Gasteiger charge is -2.53. The van der Waals surface area contributed by atoms with Crippen LogP contribution in [0.4, 0.5) is 8.78 Å². The Labute approximate surface area is 204 Å². The lowest BCUT2D eigenvalue weighted by Crippen LogP contribution is -2.64. The summed E-state index contributed by atoms with van der Waals surface area (Å²) in [5.74, 6) is -3.62. The lowest BCUT2D eigenvalue weighted by molar-refractivity contribution is 0.0255. The number of halogens is 2. The molecule has 0 radical (unpaired) electrons. The van der Waals surface area contributed by atoms with Crippen LogP contribution in [0.25, 0.3) is 0 Å². The van der Waals surface area contributed by atoms with Crippen LogP contribution in [0.3, 0.4) is 0 Å². The van der Waals surface area contributed by atoms with Crippen molar-refractivity contribution >= 4 is 5.91 Å². The molecule has 6 rings (SSSR count). The van der Waals surface area contributed by atoms with Gasteiger partial charge in [0.05, 0.1) is 11.2 Å². The van der Waals surface area contributed by atoms with Crippen molar-refractivity contribution in [3.8, 4) is 11.5 Å². The summed E-state index contributed by atoms with van der Waals surface area (Å²) in [4.78, 5) is 32.2. The molecule has 1 N–H and O–H groups in total. The molecule has 1 aromatic carbocycles. The molecular formula is C26H22F2N4O4. The Kier molecular flexibility index (Phi) is 5.06. The predicted molar refractivity (Wildman–Crippen MR) is 125 cm³/mol. The number of aromatic hydroxyl groups is 1. The first-order chi connectivity index (χ1) is 17.4. The van der Waals surface area contributed by atoms with Gasteiger partial charge in [-0.3, -0.25) is 24.3 Å². The van der Waals surface area contributed by atoms with Crippen molar-refractivity contribution in [3.63, 3.8) is 0 Å². The highest BCUT2D eigenvalue weighted by Crippen LogP contribution is 2.44. The van der Waals surface area contributed by atoms with Gasteiger partial charge in [0.25, 0.3) is 5.91 Å². The van der Waals surface area contributed by atoms with Crippen molar-refractivity contribution in [1.82, 2.24) is 14.6 Å².